The fourth-order valence-corrected chi connectivity index (χ4v) is 1.55. The van der Waals surface area contributed by atoms with E-state index in [4.69, 9.17) is 11.6 Å². The molecule has 0 spiro atoms. The largest absolute Gasteiger partial charge is 0.303 e. The van der Waals surface area contributed by atoms with Crippen LogP contribution in [-0.2, 0) is 11.2 Å². The maximum absolute atomic E-state index is 11.0. The van der Waals surface area contributed by atoms with Gasteiger partial charge < -0.3 is 4.79 Å². The maximum Gasteiger partial charge on any atom is 0.175 e. The van der Waals surface area contributed by atoms with E-state index in [1.54, 1.807) is 12.1 Å². The Labute approximate surface area is 96.8 Å². The van der Waals surface area contributed by atoms with Crippen LogP contribution in [0.4, 0.5) is 0 Å². The molecule has 0 radical (unpaired) electrons. The van der Waals surface area contributed by atoms with Crippen molar-refractivity contribution in [3.8, 4) is 0 Å². The van der Waals surface area contributed by atoms with Crippen LogP contribution in [0, 0.1) is 0 Å². The van der Waals surface area contributed by atoms with Gasteiger partial charge in [0, 0.05) is 17.4 Å². The predicted molar refractivity (Wildman–Crippen MR) is 58.1 cm³/mol. The average molecular weight is 237 g/mol. The van der Waals surface area contributed by atoms with Crippen LogP contribution in [0.3, 0.4) is 0 Å². The molecule has 2 rings (SSSR count). The summed E-state index contributed by atoms with van der Waals surface area (Å²) in [4.78, 5) is 11.0. The Morgan fingerprint density at radius 1 is 1.38 bits per heavy atom. The number of benzene rings is 1. The number of aldehydes is 1. The van der Waals surface area contributed by atoms with Crippen LogP contribution in [-0.4, -0.2) is 26.9 Å². The Balaban J connectivity index is 2.16. The summed E-state index contributed by atoms with van der Waals surface area (Å²) in [7, 11) is 0. The highest BCUT2D eigenvalue weighted by Gasteiger charge is 2.13. The van der Waals surface area contributed by atoms with E-state index >= 15 is 0 Å². The normalized spacial score (nSPS) is 12.3. The minimum absolute atomic E-state index is 0.269. The van der Waals surface area contributed by atoms with Gasteiger partial charge in [-0.15, -0.1) is 10.2 Å². The smallest absolute Gasteiger partial charge is 0.175 e. The molecule has 0 amide bonds. The maximum atomic E-state index is 11.0. The van der Waals surface area contributed by atoms with E-state index in [-0.39, 0.29) is 5.92 Å². The molecule has 0 aliphatic heterocycles. The number of carbonyl (C=O) groups excluding carboxylic acids is 1. The molecule has 0 bridgehead atoms. The Hall–Kier alpha value is -1.75. The average Bonchev–Trinajstić information content (AvgIpc) is 2.80. The third kappa shape index (κ3) is 2.43. The number of H-pyrrole nitrogens is 1. The summed E-state index contributed by atoms with van der Waals surface area (Å²) >= 11 is 5.77. The van der Waals surface area contributed by atoms with Gasteiger partial charge in [-0.25, -0.2) is 0 Å². The van der Waals surface area contributed by atoms with Crippen molar-refractivity contribution < 1.29 is 4.79 Å². The van der Waals surface area contributed by atoms with Crippen LogP contribution in [0.5, 0.6) is 0 Å². The van der Waals surface area contributed by atoms with Crippen molar-refractivity contribution in [3.63, 3.8) is 0 Å². The second-order valence-electron chi connectivity index (χ2n) is 3.33. The van der Waals surface area contributed by atoms with Gasteiger partial charge in [0.05, 0.1) is 0 Å². The zero-order valence-corrected chi connectivity index (χ0v) is 9.05. The van der Waals surface area contributed by atoms with Crippen LogP contribution >= 0.6 is 11.6 Å². The SMILES string of the molecule is O=CC(Cc1nn[nH]n1)c1ccc(Cl)cc1. The lowest BCUT2D eigenvalue weighted by atomic mass is 9.97. The first kappa shape index (κ1) is 10.8. The van der Waals surface area contributed by atoms with E-state index in [0.29, 0.717) is 17.3 Å². The minimum Gasteiger partial charge on any atom is -0.303 e. The number of halogens is 1. The monoisotopic (exact) mass is 236 g/mol. The predicted octanol–water partition coefficient (Wildman–Crippen LogP) is 1.38. The Kier molecular flexibility index (Phi) is 3.26. The zero-order chi connectivity index (χ0) is 11.4. The van der Waals surface area contributed by atoms with Crippen LogP contribution in [0.2, 0.25) is 5.02 Å². The third-order valence-corrected chi connectivity index (χ3v) is 2.51. The molecule has 0 saturated carbocycles. The fraction of sp³-hybridized carbons (Fsp3) is 0.200. The zero-order valence-electron chi connectivity index (χ0n) is 8.30. The Bertz CT molecular complexity index is 454. The second kappa shape index (κ2) is 4.85. The number of rotatable bonds is 4. The highest BCUT2D eigenvalue weighted by molar-refractivity contribution is 6.30. The van der Waals surface area contributed by atoms with Crippen LogP contribution in [0.1, 0.15) is 17.3 Å². The van der Waals surface area contributed by atoms with Gasteiger partial charge >= 0.3 is 0 Å². The quantitative estimate of drug-likeness (QED) is 0.814. The standard InChI is InChI=1S/C10H9ClN4O/c11-9-3-1-7(2-4-9)8(6-16)5-10-12-14-15-13-10/h1-4,6,8H,5H2,(H,12,13,14,15). The summed E-state index contributed by atoms with van der Waals surface area (Å²) in [5.74, 6) is 0.252. The molecule has 16 heavy (non-hydrogen) atoms. The van der Waals surface area contributed by atoms with Crippen molar-refractivity contribution in [1.29, 1.82) is 0 Å². The van der Waals surface area contributed by atoms with Crippen LogP contribution in [0.25, 0.3) is 0 Å². The van der Waals surface area contributed by atoms with Gasteiger partial charge in [0.15, 0.2) is 5.82 Å². The molecule has 82 valence electrons. The molecular weight excluding hydrogens is 228 g/mol. The van der Waals surface area contributed by atoms with Gasteiger partial charge in [-0.1, -0.05) is 28.9 Å². The van der Waals surface area contributed by atoms with Gasteiger partial charge in [-0.05, 0) is 17.7 Å². The highest BCUT2D eigenvalue weighted by Crippen LogP contribution is 2.19. The Morgan fingerprint density at radius 2 is 2.12 bits per heavy atom. The van der Waals surface area contributed by atoms with Crippen molar-refractivity contribution in [3.05, 3.63) is 40.7 Å². The summed E-state index contributed by atoms with van der Waals surface area (Å²) in [6.07, 6.45) is 1.31. The van der Waals surface area contributed by atoms with Crippen LogP contribution < -0.4 is 0 Å². The first-order chi connectivity index (χ1) is 7.79. The molecule has 5 nitrogen and oxygen atoms in total. The van der Waals surface area contributed by atoms with Gasteiger partial charge in [-0.3, -0.25) is 0 Å². The van der Waals surface area contributed by atoms with Crippen molar-refractivity contribution >= 4 is 17.9 Å². The second-order valence-corrected chi connectivity index (χ2v) is 3.76. The number of aromatic amines is 1. The first-order valence-electron chi connectivity index (χ1n) is 4.72. The number of nitrogens with zero attached hydrogens (tertiary/aromatic N) is 3. The van der Waals surface area contributed by atoms with E-state index < -0.39 is 0 Å². The fourth-order valence-electron chi connectivity index (χ4n) is 1.42. The third-order valence-electron chi connectivity index (χ3n) is 2.25. The van der Waals surface area contributed by atoms with Crippen molar-refractivity contribution in [1.82, 2.24) is 20.6 Å². The van der Waals surface area contributed by atoms with E-state index in [1.807, 2.05) is 12.1 Å². The van der Waals surface area contributed by atoms with E-state index in [9.17, 15) is 4.79 Å². The van der Waals surface area contributed by atoms with Gasteiger partial charge in [-0.2, -0.15) is 5.21 Å². The lowest BCUT2D eigenvalue weighted by Crippen LogP contribution is -2.05. The van der Waals surface area contributed by atoms with E-state index in [0.717, 1.165) is 11.8 Å². The summed E-state index contributed by atoms with van der Waals surface area (Å²) < 4.78 is 0. The van der Waals surface area contributed by atoms with Crippen molar-refractivity contribution in [2.75, 3.05) is 0 Å². The van der Waals surface area contributed by atoms with Crippen molar-refractivity contribution in [2.45, 2.75) is 12.3 Å². The topological polar surface area (TPSA) is 71.5 Å². The number of tetrazole rings is 1. The molecule has 1 heterocycles. The van der Waals surface area contributed by atoms with Crippen molar-refractivity contribution in [2.24, 2.45) is 0 Å². The molecule has 1 aromatic heterocycles. The number of carbonyl (C=O) groups is 1. The molecule has 1 unspecified atom stereocenters. The number of aromatic nitrogens is 4. The molecule has 0 saturated heterocycles. The molecule has 0 aliphatic carbocycles. The summed E-state index contributed by atoms with van der Waals surface area (Å²) in [6.45, 7) is 0. The number of hydrogen-bond acceptors (Lipinski definition) is 4. The van der Waals surface area contributed by atoms with Gasteiger partial charge in [0.1, 0.15) is 6.29 Å². The molecule has 1 atom stereocenters. The molecule has 0 fully saturated rings. The minimum atomic E-state index is -0.269. The molecule has 2 aromatic rings. The highest BCUT2D eigenvalue weighted by atomic mass is 35.5. The molecule has 1 N–H and O–H groups in total. The van der Waals surface area contributed by atoms with Gasteiger partial charge in [0.25, 0.3) is 0 Å². The van der Waals surface area contributed by atoms with Gasteiger partial charge in [0.2, 0.25) is 0 Å². The number of nitrogens with one attached hydrogen (secondary N) is 1. The van der Waals surface area contributed by atoms with E-state index in [2.05, 4.69) is 20.6 Å². The molecular formula is C10H9ClN4O. The molecule has 1 aromatic carbocycles. The lowest BCUT2D eigenvalue weighted by molar-refractivity contribution is -0.109. The summed E-state index contributed by atoms with van der Waals surface area (Å²) in [6, 6.07) is 7.15. The molecule has 6 heteroatoms. The molecule has 0 aliphatic rings. The van der Waals surface area contributed by atoms with Crippen LogP contribution in [0.15, 0.2) is 24.3 Å². The lowest BCUT2D eigenvalue weighted by Gasteiger charge is -2.07. The number of hydrogen-bond donors (Lipinski definition) is 1. The first-order valence-corrected chi connectivity index (χ1v) is 5.10. The Morgan fingerprint density at radius 3 is 2.69 bits per heavy atom. The summed E-state index contributed by atoms with van der Waals surface area (Å²) in [5, 5.41) is 14.1. The summed E-state index contributed by atoms with van der Waals surface area (Å²) in [5.41, 5.74) is 0.893. The van der Waals surface area contributed by atoms with E-state index in [1.165, 1.54) is 0 Å².